The Morgan fingerprint density at radius 2 is 1.64 bits per heavy atom. The van der Waals surface area contributed by atoms with Crippen LogP contribution in [0.2, 0.25) is 6.55 Å². The second-order valence-electron chi connectivity index (χ2n) is 3.49. The molecule has 0 unspecified atom stereocenters. The van der Waals surface area contributed by atoms with Gasteiger partial charge in [-0.25, -0.2) is 0 Å². The van der Waals surface area contributed by atoms with E-state index in [2.05, 4.69) is 42.2 Å². The van der Waals surface area contributed by atoms with Gasteiger partial charge in [-0.1, -0.05) is 37.6 Å². The van der Waals surface area contributed by atoms with Crippen LogP contribution in [-0.4, -0.2) is 16.3 Å². The third-order valence-electron chi connectivity index (χ3n) is 2.50. The Morgan fingerprint density at radius 3 is 2.21 bits per heavy atom. The van der Waals surface area contributed by atoms with Gasteiger partial charge in [0.25, 0.3) is 0 Å². The van der Waals surface area contributed by atoms with E-state index in [1.807, 2.05) is 0 Å². The van der Waals surface area contributed by atoms with Crippen molar-refractivity contribution >= 4 is 15.9 Å². The molecule has 1 aliphatic rings. The minimum absolute atomic E-state index is 0.729. The average molecular weight is 207 g/mol. The molecule has 2 heteroatoms. The van der Waals surface area contributed by atoms with Crippen molar-refractivity contribution in [3.8, 4) is 0 Å². The molecule has 2 rings (SSSR count). The van der Waals surface area contributed by atoms with E-state index in [1.165, 1.54) is 41.6 Å². The number of rotatable bonds is 2. The molecule has 1 N–H and O–H groups in total. The van der Waals surface area contributed by atoms with Crippen molar-refractivity contribution in [2.75, 3.05) is 5.32 Å². The molecule has 0 atom stereocenters. The highest BCUT2D eigenvalue weighted by Crippen LogP contribution is 2.21. The zero-order chi connectivity index (χ0) is 10.2. The maximum Gasteiger partial charge on any atom is 0.0342 e. The van der Waals surface area contributed by atoms with Crippen LogP contribution < -0.4 is 5.32 Å². The summed E-state index contributed by atoms with van der Waals surface area (Å²) >= 11 is 0. The number of para-hydroxylation sites is 1. The highest BCUT2D eigenvalue weighted by Gasteiger charge is 2.13. The minimum atomic E-state index is 0.729. The van der Waals surface area contributed by atoms with E-state index < -0.39 is 0 Å². The predicted molar refractivity (Wildman–Crippen MR) is 68.1 cm³/mol. The van der Waals surface area contributed by atoms with Crippen molar-refractivity contribution in [2.45, 2.75) is 38.3 Å². The molecule has 0 saturated heterocycles. The van der Waals surface area contributed by atoms with Crippen molar-refractivity contribution < 1.29 is 0 Å². The minimum Gasteiger partial charge on any atom is -0.382 e. The van der Waals surface area contributed by atoms with Gasteiger partial charge < -0.3 is 5.32 Å². The van der Waals surface area contributed by atoms with Gasteiger partial charge in [-0.3, -0.25) is 0 Å². The van der Waals surface area contributed by atoms with Crippen molar-refractivity contribution in [1.29, 1.82) is 0 Å². The Hall–Kier alpha value is -0.763. The van der Waals surface area contributed by atoms with Gasteiger partial charge in [0, 0.05) is 11.7 Å². The first kappa shape index (κ1) is 11.3. The van der Waals surface area contributed by atoms with Gasteiger partial charge in [0.2, 0.25) is 0 Å². The van der Waals surface area contributed by atoms with Crippen molar-refractivity contribution in [2.24, 2.45) is 0 Å². The van der Waals surface area contributed by atoms with Crippen LogP contribution in [0.1, 0.15) is 25.7 Å². The van der Waals surface area contributed by atoms with Crippen LogP contribution in [0.3, 0.4) is 0 Å². The van der Waals surface area contributed by atoms with Gasteiger partial charge in [-0.2, -0.15) is 0 Å². The van der Waals surface area contributed by atoms with E-state index in [1.54, 1.807) is 0 Å². The lowest BCUT2D eigenvalue weighted by atomic mass is 10.2. The Kier molecular flexibility index (Phi) is 5.38. The highest BCUT2D eigenvalue weighted by molar-refractivity contribution is 6.05. The van der Waals surface area contributed by atoms with Gasteiger partial charge in [0.15, 0.2) is 0 Å². The average Bonchev–Trinajstić information content (AvgIpc) is 2.75. The van der Waals surface area contributed by atoms with E-state index in [4.69, 9.17) is 0 Å². The molecule has 1 saturated carbocycles. The second kappa shape index (κ2) is 6.66. The van der Waals surface area contributed by atoms with Crippen molar-refractivity contribution in [3.63, 3.8) is 0 Å². The molecule has 0 bridgehead atoms. The lowest BCUT2D eigenvalue weighted by Crippen LogP contribution is -2.13. The molecule has 0 spiro atoms. The Morgan fingerprint density at radius 1 is 1.07 bits per heavy atom. The monoisotopic (exact) mass is 207 g/mol. The van der Waals surface area contributed by atoms with Gasteiger partial charge >= 0.3 is 0 Å². The first-order valence-corrected chi connectivity index (χ1v) is 7.77. The first-order valence-electron chi connectivity index (χ1n) is 5.77. The summed E-state index contributed by atoms with van der Waals surface area (Å²) in [6.07, 6.45) is 5.47. The molecule has 1 aromatic rings. The molecule has 78 valence electrons. The van der Waals surface area contributed by atoms with Crippen molar-refractivity contribution in [3.05, 3.63) is 30.3 Å². The van der Waals surface area contributed by atoms with E-state index in [9.17, 15) is 0 Å². The summed E-state index contributed by atoms with van der Waals surface area (Å²) in [6.45, 7) is 2.14. The van der Waals surface area contributed by atoms with Crippen LogP contribution in [0, 0.1) is 0 Å². The standard InChI is InChI=1S/C11H15N.CH6Si/c1-2-6-10(7-3-1)12-11-8-4-5-9-11;1-2/h1-3,6-7,11-12H,4-5,8-9H2;1-2H3. The fourth-order valence-electron chi connectivity index (χ4n) is 1.84. The summed E-state index contributed by atoms with van der Waals surface area (Å²) in [5, 5.41) is 3.54. The third kappa shape index (κ3) is 3.54. The van der Waals surface area contributed by atoms with Gasteiger partial charge in [-0.15, -0.1) is 0 Å². The molecule has 14 heavy (non-hydrogen) atoms. The van der Waals surface area contributed by atoms with E-state index in [0.717, 1.165) is 6.04 Å². The Balaban J connectivity index is 0.000000461. The summed E-state index contributed by atoms with van der Waals surface area (Å²) in [6, 6.07) is 11.2. The molecule has 0 heterocycles. The van der Waals surface area contributed by atoms with Crippen LogP contribution in [0.5, 0.6) is 0 Å². The molecular weight excluding hydrogens is 186 g/mol. The lowest BCUT2D eigenvalue weighted by molar-refractivity contribution is 0.755. The predicted octanol–water partition coefficient (Wildman–Crippen LogP) is 2.44. The fourth-order valence-corrected chi connectivity index (χ4v) is 1.84. The number of hydrogen-bond acceptors (Lipinski definition) is 1. The van der Waals surface area contributed by atoms with Gasteiger partial charge in [-0.05, 0) is 35.2 Å². The smallest absolute Gasteiger partial charge is 0.0342 e. The fraction of sp³-hybridized carbons (Fsp3) is 0.500. The number of hydrogen-bond donors (Lipinski definition) is 1. The topological polar surface area (TPSA) is 12.0 Å². The van der Waals surface area contributed by atoms with E-state index in [0.29, 0.717) is 0 Å². The number of anilines is 1. The summed E-state index contributed by atoms with van der Waals surface area (Å²) in [4.78, 5) is 0. The normalized spacial score (nSPS) is 16.1. The van der Waals surface area contributed by atoms with Crippen LogP contribution in [0.25, 0.3) is 0 Å². The zero-order valence-electron chi connectivity index (χ0n) is 9.29. The first-order chi connectivity index (χ1) is 6.95. The molecule has 1 nitrogen and oxygen atoms in total. The number of benzene rings is 1. The number of nitrogens with one attached hydrogen (secondary N) is 1. The zero-order valence-corrected chi connectivity index (χ0v) is 11.3. The second-order valence-corrected chi connectivity index (χ2v) is 3.49. The van der Waals surface area contributed by atoms with E-state index in [-0.39, 0.29) is 0 Å². The summed E-state index contributed by atoms with van der Waals surface area (Å²) in [7, 11) is 1.31. The Bertz CT molecular complexity index is 229. The maximum absolute atomic E-state index is 3.54. The molecular formula is C12H21NSi. The molecule has 1 aliphatic carbocycles. The van der Waals surface area contributed by atoms with Crippen LogP contribution >= 0.6 is 0 Å². The van der Waals surface area contributed by atoms with Crippen LogP contribution in [0.4, 0.5) is 5.69 Å². The molecule has 0 radical (unpaired) electrons. The molecule has 1 aromatic carbocycles. The third-order valence-corrected chi connectivity index (χ3v) is 2.50. The summed E-state index contributed by atoms with van der Waals surface area (Å²) < 4.78 is 0. The largest absolute Gasteiger partial charge is 0.382 e. The highest BCUT2D eigenvalue weighted by atomic mass is 28.1. The summed E-state index contributed by atoms with van der Waals surface area (Å²) in [5.74, 6) is 0. The molecule has 1 fully saturated rings. The molecule has 0 amide bonds. The quantitative estimate of drug-likeness (QED) is 0.735. The summed E-state index contributed by atoms with van der Waals surface area (Å²) in [5.41, 5.74) is 1.27. The van der Waals surface area contributed by atoms with Crippen LogP contribution in [-0.2, 0) is 0 Å². The van der Waals surface area contributed by atoms with E-state index >= 15 is 0 Å². The van der Waals surface area contributed by atoms with Crippen LogP contribution in [0.15, 0.2) is 30.3 Å². The van der Waals surface area contributed by atoms with Gasteiger partial charge in [0.1, 0.15) is 0 Å². The molecule has 0 aliphatic heterocycles. The lowest BCUT2D eigenvalue weighted by Gasteiger charge is -2.12. The van der Waals surface area contributed by atoms with Crippen molar-refractivity contribution in [1.82, 2.24) is 0 Å². The Labute approximate surface area is 90.3 Å². The van der Waals surface area contributed by atoms with Gasteiger partial charge in [0.05, 0.1) is 0 Å². The SMILES string of the molecule is C[SiH3].c1ccc(NC2CCCC2)cc1. The maximum atomic E-state index is 3.54. The molecule has 0 aromatic heterocycles.